The Hall–Kier alpha value is -2.74. The van der Waals surface area contributed by atoms with E-state index in [2.05, 4.69) is 56.5 Å². The summed E-state index contributed by atoms with van der Waals surface area (Å²) in [6, 6.07) is 16.5. The van der Waals surface area contributed by atoms with E-state index in [1.165, 1.54) is 53.1 Å². The fourth-order valence-corrected chi connectivity index (χ4v) is 5.70. The first kappa shape index (κ1) is 25.9. The SMILES string of the molecule is CC(Cc1nsc(Nc2ccc(Cl)cc2)n1)NCCCCCNc1c2c(nc3ccccc13)CCCC2. The zero-order valence-electron chi connectivity index (χ0n) is 21.4. The van der Waals surface area contributed by atoms with Crippen LogP contribution < -0.4 is 16.0 Å². The molecule has 0 radical (unpaired) electrons. The smallest absolute Gasteiger partial charge is 0.207 e. The number of hydrogen-bond acceptors (Lipinski definition) is 7. The average molecular weight is 535 g/mol. The fraction of sp³-hybridized carbons (Fsp3) is 0.414. The maximum Gasteiger partial charge on any atom is 0.207 e. The van der Waals surface area contributed by atoms with Gasteiger partial charge in [0.05, 0.1) is 5.52 Å². The minimum Gasteiger partial charge on any atom is -0.384 e. The first-order chi connectivity index (χ1) is 18.2. The van der Waals surface area contributed by atoms with Crippen LogP contribution in [0.4, 0.5) is 16.5 Å². The van der Waals surface area contributed by atoms with E-state index < -0.39 is 0 Å². The molecule has 6 nitrogen and oxygen atoms in total. The third-order valence-corrected chi connectivity index (χ3v) is 7.79. The number of anilines is 3. The topological polar surface area (TPSA) is 74.8 Å². The van der Waals surface area contributed by atoms with Crippen LogP contribution >= 0.6 is 23.1 Å². The van der Waals surface area contributed by atoms with Crippen molar-refractivity contribution < 1.29 is 0 Å². The standard InChI is InChI=1S/C29H35ClN6S/c1-20(19-27-35-29(37-36-27)33-22-15-13-21(30)14-16-22)31-17-7-2-8-18-32-28-23-9-3-5-11-25(23)34-26-12-6-4-10-24(26)28/h3,5,9,11,13-16,20,31H,2,4,6-8,10,12,17-19H2,1H3,(H,32,34)(H,33,35,36). The van der Waals surface area contributed by atoms with Crippen molar-refractivity contribution >= 4 is 50.5 Å². The third-order valence-electron chi connectivity index (χ3n) is 6.87. The second-order valence-corrected chi connectivity index (χ2v) is 11.0. The largest absolute Gasteiger partial charge is 0.384 e. The molecule has 0 fully saturated rings. The van der Waals surface area contributed by atoms with Crippen LogP contribution in [0.1, 0.15) is 56.1 Å². The molecule has 0 spiro atoms. The Bertz CT molecular complexity index is 1310. The van der Waals surface area contributed by atoms with E-state index in [1.54, 1.807) is 0 Å². The number of nitrogens with one attached hydrogen (secondary N) is 3. The second kappa shape index (κ2) is 12.7. The number of pyridine rings is 1. The Balaban J connectivity index is 1.02. The van der Waals surface area contributed by atoms with E-state index in [0.717, 1.165) is 72.4 Å². The number of rotatable bonds is 12. The molecular formula is C29H35ClN6S. The van der Waals surface area contributed by atoms with Crippen molar-refractivity contribution in [2.75, 3.05) is 23.7 Å². The molecule has 4 aromatic rings. The fourth-order valence-electron chi connectivity index (χ4n) is 4.95. The predicted octanol–water partition coefficient (Wildman–Crippen LogP) is 7.17. The quantitative estimate of drug-likeness (QED) is 0.167. The molecular weight excluding hydrogens is 500 g/mol. The van der Waals surface area contributed by atoms with Crippen LogP contribution in [0.25, 0.3) is 10.9 Å². The maximum absolute atomic E-state index is 5.96. The van der Waals surface area contributed by atoms with Crippen LogP contribution in [0.2, 0.25) is 5.02 Å². The van der Waals surface area contributed by atoms with Gasteiger partial charge < -0.3 is 16.0 Å². The Morgan fingerprint density at radius 1 is 0.946 bits per heavy atom. The first-order valence-corrected chi connectivity index (χ1v) is 14.5. The van der Waals surface area contributed by atoms with E-state index in [9.17, 15) is 0 Å². The Morgan fingerprint density at radius 2 is 1.76 bits per heavy atom. The number of nitrogens with zero attached hydrogens (tertiary/aromatic N) is 3. The van der Waals surface area contributed by atoms with Gasteiger partial charge in [-0.25, -0.2) is 4.98 Å². The van der Waals surface area contributed by atoms with Crippen molar-refractivity contribution in [3.8, 4) is 0 Å². The predicted molar refractivity (Wildman–Crippen MR) is 157 cm³/mol. The molecule has 2 aromatic carbocycles. The number of hydrogen-bond donors (Lipinski definition) is 3. The van der Waals surface area contributed by atoms with Gasteiger partial charge in [0.25, 0.3) is 0 Å². The maximum atomic E-state index is 5.96. The zero-order valence-corrected chi connectivity index (χ0v) is 23.0. The Kier molecular flexibility index (Phi) is 8.87. The zero-order chi connectivity index (χ0) is 25.5. The summed E-state index contributed by atoms with van der Waals surface area (Å²) in [4.78, 5) is 9.58. The molecule has 0 saturated carbocycles. The second-order valence-electron chi connectivity index (χ2n) is 9.83. The Labute approximate surface area is 228 Å². The minimum atomic E-state index is 0.339. The van der Waals surface area contributed by atoms with Crippen molar-refractivity contribution in [2.24, 2.45) is 0 Å². The number of aromatic nitrogens is 3. The van der Waals surface area contributed by atoms with E-state index >= 15 is 0 Å². The monoisotopic (exact) mass is 534 g/mol. The summed E-state index contributed by atoms with van der Waals surface area (Å²) in [7, 11) is 0. The van der Waals surface area contributed by atoms with Crippen molar-refractivity contribution in [3.63, 3.8) is 0 Å². The lowest BCUT2D eigenvalue weighted by Crippen LogP contribution is -2.29. The summed E-state index contributed by atoms with van der Waals surface area (Å²) >= 11 is 7.35. The van der Waals surface area contributed by atoms with Crippen molar-refractivity contribution in [1.82, 2.24) is 19.7 Å². The molecule has 1 atom stereocenters. The molecule has 1 unspecified atom stereocenters. The molecule has 1 aliphatic carbocycles. The van der Waals surface area contributed by atoms with Gasteiger partial charge in [0.15, 0.2) is 0 Å². The van der Waals surface area contributed by atoms with Crippen LogP contribution in [-0.2, 0) is 19.3 Å². The highest BCUT2D eigenvalue weighted by molar-refractivity contribution is 7.09. The molecule has 8 heteroatoms. The molecule has 0 amide bonds. The van der Waals surface area contributed by atoms with Gasteiger partial charge in [-0.1, -0.05) is 36.2 Å². The van der Waals surface area contributed by atoms with Gasteiger partial charge in [-0.2, -0.15) is 4.37 Å². The summed E-state index contributed by atoms with van der Waals surface area (Å²) in [6.45, 7) is 4.21. The normalized spacial score (nSPS) is 13.9. The van der Waals surface area contributed by atoms with E-state index in [-0.39, 0.29) is 0 Å². The van der Waals surface area contributed by atoms with Crippen LogP contribution in [-0.4, -0.2) is 33.5 Å². The van der Waals surface area contributed by atoms with Gasteiger partial charge >= 0.3 is 0 Å². The van der Waals surface area contributed by atoms with E-state index in [4.69, 9.17) is 16.6 Å². The lowest BCUT2D eigenvalue weighted by molar-refractivity contribution is 0.515. The summed E-state index contributed by atoms with van der Waals surface area (Å²) in [6.07, 6.45) is 9.11. The molecule has 0 bridgehead atoms. The first-order valence-electron chi connectivity index (χ1n) is 13.4. The van der Waals surface area contributed by atoms with Gasteiger partial charge in [0.1, 0.15) is 5.82 Å². The van der Waals surface area contributed by atoms with E-state index in [0.29, 0.717) is 6.04 Å². The minimum absolute atomic E-state index is 0.339. The molecule has 2 heterocycles. The molecule has 0 saturated heterocycles. The number of aryl methyl sites for hydroxylation is 1. The highest BCUT2D eigenvalue weighted by Crippen LogP contribution is 2.33. The molecule has 2 aromatic heterocycles. The summed E-state index contributed by atoms with van der Waals surface area (Å²) in [5, 5.41) is 13.5. The number of unbranched alkanes of at least 4 members (excludes halogenated alkanes) is 2. The lowest BCUT2D eigenvalue weighted by atomic mass is 9.92. The Morgan fingerprint density at radius 3 is 2.65 bits per heavy atom. The highest BCUT2D eigenvalue weighted by atomic mass is 35.5. The number of halogens is 1. The van der Waals surface area contributed by atoms with Gasteiger partial charge in [-0.3, -0.25) is 4.98 Å². The van der Waals surface area contributed by atoms with Gasteiger partial charge in [0, 0.05) is 58.0 Å². The third kappa shape index (κ3) is 6.98. The van der Waals surface area contributed by atoms with Crippen molar-refractivity contribution in [3.05, 3.63) is 70.6 Å². The summed E-state index contributed by atoms with van der Waals surface area (Å²) in [5.41, 5.74) is 6.15. The molecule has 194 valence electrons. The number of para-hydroxylation sites is 1. The van der Waals surface area contributed by atoms with E-state index in [1.807, 2.05) is 24.3 Å². The van der Waals surface area contributed by atoms with Gasteiger partial charge in [-0.15, -0.1) is 0 Å². The average Bonchev–Trinajstić information content (AvgIpc) is 3.35. The van der Waals surface area contributed by atoms with Gasteiger partial charge in [0.2, 0.25) is 5.13 Å². The van der Waals surface area contributed by atoms with Crippen LogP contribution in [0.5, 0.6) is 0 Å². The molecule has 1 aliphatic rings. The lowest BCUT2D eigenvalue weighted by Gasteiger charge is -2.21. The summed E-state index contributed by atoms with van der Waals surface area (Å²) < 4.78 is 4.51. The molecule has 5 rings (SSSR count). The highest BCUT2D eigenvalue weighted by Gasteiger charge is 2.17. The number of fused-ring (bicyclic) bond motifs is 2. The van der Waals surface area contributed by atoms with Gasteiger partial charge in [-0.05, 0) is 87.9 Å². The molecule has 3 N–H and O–H groups in total. The number of benzene rings is 2. The van der Waals surface area contributed by atoms with Crippen LogP contribution in [0, 0.1) is 0 Å². The van der Waals surface area contributed by atoms with Crippen LogP contribution in [0.3, 0.4) is 0 Å². The van der Waals surface area contributed by atoms with Crippen molar-refractivity contribution in [1.29, 1.82) is 0 Å². The summed E-state index contributed by atoms with van der Waals surface area (Å²) in [5.74, 6) is 0.874. The molecule has 37 heavy (non-hydrogen) atoms. The van der Waals surface area contributed by atoms with Crippen LogP contribution in [0.15, 0.2) is 48.5 Å². The molecule has 0 aliphatic heterocycles. The van der Waals surface area contributed by atoms with Crippen molar-refractivity contribution in [2.45, 2.75) is 64.3 Å².